The van der Waals surface area contributed by atoms with Crippen LogP contribution in [-0.2, 0) is 14.3 Å². The minimum atomic E-state index is -0.850. The van der Waals surface area contributed by atoms with Crippen molar-refractivity contribution in [3.8, 4) is 0 Å². The molecule has 0 spiro atoms. The number of halogens is 2. The van der Waals surface area contributed by atoms with Crippen molar-refractivity contribution >= 4 is 5.97 Å². The Kier molecular flexibility index (Phi) is 5.25. The molecule has 2 atom stereocenters. The quantitative estimate of drug-likeness (QED) is 0.800. The van der Waals surface area contributed by atoms with Gasteiger partial charge in [-0.25, -0.2) is 8.78 Å². The van der Waals surface area contributed by atoms with Gasteiger partial charge in [0.05, 0.1) is 26.2 Å². The normalized spacial score (nSPS) is 21.0. The lowest BCUT2D eigenvalue weighted by molar-refractivity contribution is -0.146. The van der Waals surface area contributed by atoms with Gasteiger partial charge in [0.25, 0.3) is 0 Å². The van der Waals surface area contributed by atoms with E-state index in [2.05, 4.69) is 9.64 Å². The molecular formula is C15H19F2NO3. The Labute approximate surface area is 122 Å². The van der Waals surface area contributed by atoms with Gasteiger partial charge in [-0.05, 0) is 24.6 Å². The lowest BCUT2D eigenvalue weighted by Crippen LogP contribution is -2.44. The van der Waals surface area contributed by atoms with Crippen molar-refractivity contribution in [1.82, 2.24) is 4.90 Å². The number of esters is 1. The molecule has 2 rings (SSSR count). The Hall–Kier alpha value is -1.53. The monoisotopic (exact) mass is 299 g/mol. The number of rotatable bonds is 4. The van der Waals surface area contributed by atoms with Crippen molar-refractivity contribution in [2.45, 2.75) is 25.5 Å². The second-order valence-corrected chi connectivity index (χ2v) is 5.12. The van der Waals surface area contributed by atoms with Crippen LogP contribution in [0.5, 0.6) is 0 Å². The molecule has 0 unspecified atom stereocenters. The topological polar surface area (TPSA) is 38.8 Å². The molecule has 1 aliphatic heterocycles. The third-order valence-electron chi connectivity index (χ3n) is 3.77. The molecule has 0 amide bonds. The fraction of sp³-hybridized carbons (Fsp3) is 0.533. The number of morpholine rings is 1. The summed E-state index contributed by atoms with van der Waals surface area (Å²) in [6, 6.07) is 3.84. The molecule has 6 heteroatoms. The summed E-state index contributed by atoms with van der Waals surface area (Å²) >= 11 is 0. The van der Waals surface area contributed by atoms with Crippen LogP contribution in [0.1, 0.15) is 24.9 Å². The fourth-order valence-electron chi connectivity index (χ4n) is 2.47. The molecule has 0 bridgehead atoms. The van der Waals surface area contributed by atoms with Crippen molar-refractivity contribution in [3.63, 3.8) is 0 Å². The number of benzene rings is 1. The molecule has 1 aromatic rings. The van der Waals surface area contributed by atoms with E-state index < -0.39 is 11.6 Å². The van der Waals surface area contributed by atoms with Gasteiger partial charge >= 0.3 is 5.97 Å². The summed E-state index contributed by atoms with van der Waals surface area (Å²) in [6.45, 7) is 3.65. The van der Waals surface area contributed by atoms with Gasteiger partial charge in [-0.3, -0.25) is 9.69 Å². The number of nitrogens with zero attached hydrogens (tertiary/aromatic N) is 1. The fourth-order valence-corrected chi connectivity index (χ4v) is 2.47. The molecule has 1 heterocycles. The third-order valence-corrected chi connectivity index (χ3v) is 3.77. The van der Waals surface area contributed by atoms with Crippen LogP contribution in [0.3, 0.4) is 0 Å². The van der Waals surface area contributed by atoms with Crippen LogP contribution >= 0.6 is 0 Å². The highest BCUT2D eigenvalue weighted by molar-refractivity contribution is 5.69. The van der Waals surface area contributed by atoms with Crippen LogP contribution in [0.4, 0.5) is 8.78 Å². The van der Waals surface area contributed by atoms with E-state index in [9.17, 15) is 13.6 Å². The van der Waals surface area contributed by atoms with Gasteiger partial charge in [0.15, 0.2) is 11.6 Å². The number of hydrogen-bond donors (Lipinski definition) is 0. The molecule has 1 saturated heterocycles. The van der Waals surface area contributed by atoms with Crippen LogP contribution in [0.25, 0.3) is 0 Å². The minimum absolute atomic E-state index is 0.0795. The maximum absolute atomic E-state index is 13.3. The summed E-state index contributed by atoms with van der Waals surface area (Å²) in [5, 5.41) is 0. The minimum Gasteiger partial charge on any atom is -0.469 e. The molecular weight excluding hydrogens is 280 g/mol. The van der Waals surface area contributed by atoms with E-state index >= 15 is 0 Å². The summed E-state index contributed by atoms with van der Waals surface area (Å²) in [7, 11) is 1.34. The highest BCUT2D eigenvalue weighted by atomic mass is 19.2. The second-order valence-electron chi connectivity index (χ2n) is 5.12. The van der Waals surface area contributed by atoms with Crippen molar-refractivity contribution in [3.05, 3.63) is 35.4 Å². The predicted octanol–water partition coefficient (Wildman–Crippen LogP) is 2.29. The summed E-state index contributed by atoms with van der Waals surface area (Å²) in [5.41, 5.74) is 0.701. The van der Waals surface area contributed by atoms with Crippen LogP contribution in [0, 0.1) is 11.6 Å². The van der Waals surface area contributed by atoms with Crippen molar-refractivity contribution in [1.29, 1.82) is 0 Å². The summed E-state index contributed by atoms with van der Waals surface area (Å²) in [4.78, 5) is 13.4. The highest BCUT2D eigenvalue weighted by Gasteiger charge is 2.27. The molecule has 0 saturated carbocycles. The van der Waals surface area contributed by atoms with Gasteiger partial charge in [-0.15, -0.1) is 0 Å². The highest BCUT2D eigenvalue weighted by Crippen LogP contribution is 2.24. The molecule has 116 valence electrons. The third kappa shape index (κ3) is 3.98. The zero-order valence-corrected chi connectivity index (χ0v) is 12.1. The molecule has 0 aromatic heterocycles. The lowest BCUT2D eigenvalue weighted by Gasteiger charge is -2.36. The number of hydrogen-bond acceptors (Lipinski definition) is 4. The molecule has 0 N–H and O–H groups in total. The first-order chi connectivity index (χ1) is 10.0. The molecule has 0 aliphatic carbocycles. The molecule has 1 aliphatic rings. The van der Waals surface area contributed by atoms with E-state index in [4.69, 9.17) is 4.74 Å². The number of methoxy groups -OCH3 is 1. The van der Waals surface area contributed by atoms with Crippen molar-refractivity contribution in [2.75, 3.05) is 26.8 Å². The average molecular weight is 299 g/mol. The number of ether oxygens (including phenoxy) is 2. The Morgan fingerprint density at radius 3 is 2.90 bits per heavy atom. The van der Waals surface area contributed by atoms with Gasteiger partial charge < -0.3 is 9.47 Å². The lowest BCUT2D eigenvalue weighted by atomic mass is 10.0. The Morgan fingerprint density at radius 2 is 2.24 bits per heavy atom. The van der Waals surface area contributed by atoms with Gasteiger partial charge in [0.1, 0.15) is 0 Å². The Morgan fingerprint density at radius 1 is 1.48 bits per heavy atom. The first-order valence-corrected chi connectivity index (χ1v) is 6.88. The summed E-state index contributed by atoms with van der Waals surface area (Å²) < 4.78 is 36.5. The van der Waals surface area contributed by atoms with Crippen LogP contribution in [0.2, 0.25) is 0 Å². The Balaban J connectivity index is 2.02. The molecule has 1 aromatic carbocycles. The van der Waals surface area contributed by atoms with Gasteiger partial charge in [-0.2, -0.15) is 0 Å². The molecule has 4 nitrogen and oxygen atoms in total. The van der Waals surface area contributed by atoms with E-state index in [0.717, 1.165) is 6.07 Å². The number of carbonyl (C=O) groups is 1. The first kappa shape index (κ1) is 15.9. The average Bonchev–Trinajstić information content (AvgIpc) is 2.49. The Bertz CT molecular complexity index is 510. The zero-order chi connectivity index (χ0) is 15.4. The SMILES string of the molecule is COC(=O)C[C@@H]1CN([C@@H](C)c2ccc(F)c(F)c2)CCO1. The van der Waals surface area contributed by atoms with Gasteiger partial charge in [0, 0.05) is 19.1 Å². The van der Waals surface area contributed by atoms with E-state index in [1.807, 2.05) is 6.92 Å². The maximum atomic E-state index is 13.3. The van der Waals surface area contributed by atoms with Gasteiger partial charge in [-0.1, -0.05) is 6.07 Å². The van der Waals surface area contributed by atoms with Crippen LogP contribution in [-0.4, -0.2) is 43.8 Å². The van der Waals surface area contributed by atoms with E-state index in [0.29, 0.717) is 25.3 Å². The summed E-state index contributed by atoms with van der Waals surface area (Å²) in [5.74, 6) is -2.02. The van der Waals surface area contributed by atoms with Crippen LogP contribution < -0.4 is 0 Å². The van der Waals surface area contributed by atoms with Gasteiger partial charge in [0.2, 0.25) is 0 Å². The predicted molar refractivity (Wildman–Crippen MR) is 72.7 cm³/mol. The largest absolute Gasteiger partial charge is 0.469 e. The van der Waals surface area contributed by atoms with E-state index in [1.165, 1.54) is 13.2 Å². The number of carbonyl (C=O) groups excluding carboxylic acids is 1. The maximum Gasteiger partial charge on any atom is 0.308 e. The van der Waals surface area contributed by atoms with Crippen molar-refractivity contribution < 1.29 is 23.0 Å². The standard InChI is InChI=1S/C15H19F2NO3/c1-10(11-3-4-13(16)14(17)7-11)18-5-6-21-12(9-18)8-15(19)20-2/h3-4,7,10,12H,5-6,8-9H2,1-2H3/t10-,12+/m0/s1. The molecule has 1 fully saturated rings. The smallest absolute Gasteiger partial charge is 0.308 e. The van der Waals surface area contributed by atoms with E-state index in [1.54, 1.807) is 6.07 Å². The van der Waals surface area contributed by atoms with Crippen LogP contribution in [0.15, 0.2) is 18.2 Å². The summed E-state index contributed by atoms with van der Waals surface area (Å²) in [6.07, 6.45) is -0.0451. The first-order valence-electron chi connectivity index (χ1n) is 6.88. The van der Waals surface area contributed by atoms with E-state index in [-0.39, 0.29) is 24.5 Å². The van der Waals surface area contributed by atoms with Crippen molar-refractivity contribution in [2.24, 2.45) is 0 Å². The second kappa shape index (κ2) is 6.95. The molecule has 21 heavy (non-hydrogen) atoms. The molecule has 0 radical (unpaired) electrons. The zero-order valence-electron chi connectivity index (χ0n) is 12.1.